The molecule has 0 aliphatic carbocycles. The maximum Gasteiger partial charge on any atom is 0.407 e. The zero-order valence-electron chi connectivity index (χ0n) is 26.2. The molecule has 234 valence electrons. The normalized spacial score (nSPS) is 22.5. The first-order valence-electron chi connectivity index (χ1n) is 15.2. The van der Waals surface area contributed by atoms with Crippen molar-refractivity contribution in [3.8, 4) is 0 Å². The average Bonchev–Trinajstić information content (AvgIpc) is 3.58. The lowest BCUT2D eigenvalue weighted by molar-refractivity contribution is -0.145. The molecule has 4 rings (SSSR count). The summed E-state index contributed by atoms with van der Waals surface area (Å²) in [5.41, 5.74) is 2.23. The molecular formula is C31H54N4O6. The number of carboxylic acid groups (broad SMARTS) is 3. The van der Waals surface area contributed by atoms with Gasteiger partial charge >= 0.3 is 18.2 Å². The highest BCUT2D eigenvalue weighted by Crippen LogP contribution is 2.34. The van der Waals surface area contributed by atoms with Crippen molar-refractivity contribution in [2.45, 2.75) is 99.0 Å². The third kappa shape index (κ3) is 11.8. The van der Waals surface area contributed by atoms with Crippen LogP contribution in [-0.2, 0) is 4.79 Å². The summed E-state index contributed by atoms with van der Waals surface area (Å²) in [5, 5.41) is 26.4. The number of aliphatic carboxylic acids is 1. The number of hydrogen-bond acceptors (Lipinski definition) is 5. The Morgan fingerprint density at radius 2 is 1.07 bits per heavy atom. The van der Waals surface area contributed by atoms with Gasteiger partial charge in [0.05, 0.1) is 5.41 Å². The van der Waals surface area contributed by atoms with Crippen molar-refractivity contribution in [3.05, 3.63) is 23.5 Å². The summed E-state index contributed by atoms with van der Waals surface area (Å²) in [6.45, 7) is 18.0. The van der Waals surface area contributed by atoms with Crippen LogP contribution in [0.15, 0.2) is 23.5 Å². The molecule has 0 radical (unpaired) electrons. The van der Waals surface area contributed by atoms with Gasteiger partial charge in [0.25, 0.3) is 0 Å². The van der Waals surface area contributed by atoms with Gasteiger partial charge in [0.2, 0.25) is 0 Å². The molecule has 0 bridgehead atoms. The fourth-order valence-electron chi connectivity index (χ4n) is 5.37. The van der Waals surface area contributed by atoms with Crippen LogP contribution in [0.2, 0.25) is 0 Å². The second-order valence-corrected chi connectivity index (χ2v) is 13.7. The molecule has 0 aromatic rings. The maximum absolute atomic E-state index is 11.4. The van der Waals surface area contributed by atoms with Crippen LogP contribution in [0.3, 0.4) is 0 Å². The number of hydrogen-bond donors (Lipinski definition) is 3. The summed E-state index contributed by atoms with van der Waals surface area (Å²) >= 11 is 0. The molecule has 10 heteroatoms. The fourth-order valence-corrected chi connectivity index (χ4v) is 5.37. The molecule has 0 aromatic carbocycles. The Balaban J connectivity index is 0.000000238. The Labute approximate surface area is 246 Å². The molecule has 4 fully saturated rings. The van der Waals surface area contributed by atoms with E-state index < -0.39 is 23.6 Å². The van der Waals surface area contributed by atoms with E-state index in [0.717, 1.165) is 38.8 Å². The van der Waals surface area contributed by atoms with Crippen molar-refractivity contribution in [1.29, 1.82) is 0 Å². The van der Waals surface area contributed by atoms with Crippen LogP contribution in [-0.4, -0.2) is 105 Å². The zero-order chi connectivity index (χ0) is 30.8. The molecule has 0 saturated carbocycles. The van der Waals surface area contributed by atoms with Gasteiger partial charge in [-0.1, -0.05) is 31.9 Å². The fraction of sp³-hybridized carbons (Fsp3) is 0.774. The van der Waals surface area contributed by atoms with Crippen molar-refractivity contribution in [2.75, 3.05) is 45.8 Å². The maximum atomic E-state index is 11.4. The van der Waals surface area contributed by atoms with Crippen LogP contribution in [0.1, 0.15) is 92.9 Å². The SMILES string of the molecule is CC(C)(C)C(=O)O.CC(C)(C)C1CC(=CN2CCCC2)CCN1C(=O)O.O=C(O)N1CCC(=CN2CCCC2)CC1. The molecule has 2 amide bonds. The Morgan fingerprint density at radius 1 is 0.659 bits per heavy atom. The summed E-state index contributed by atoms with van der Waals surface area (Å²) < 4.78 is 0. The van der Waals surface area contributed by atoms with Crippen molar-refractivity contribution < 1.29 is 29.7 Å². The van der Waals surface area contributed by atoms with Crippen molar-refractivity contribution in [3.63, 3.8) is 0 Å². The first kappa shape index (κ1) is 34.3. The predicted octanol–water partition coefficient (Wildman–Crippen LogP) is 6.01. The topological polar surface area (TPSA) is 125 Å². The largest absolute Gasteiger partial charge is 0.481 e. The van der Waals surface area contributed by atoms with E-state index in [0.29, 0.717) is 19.6 Å². The second kappa shape index (κ2) is 15.4. The molecule has 4 aliphatic rings. The lowest BCUT2D eigenvalue weighted by atomic mass is 9.79. The molecule has 1 unspecified atom stereocenters. The lowest BCUT2D eigenvalue weighted by Crippen LogP contribution is -2.50. The average molecular weight is 579 g/mol. The van der Waals surface area contributed by atoms with Crippen LogP contribution in [0.5, 0.6) is 0 Å². The van der Waals surface area contributed by atoms with Gasteiger partial charge in [-0.25, -0.2) is 9.59 Å². The van der Waals surface area contributed by atoms with E-state index >= 15 is 0 Å². The van der Waals surface area contributed by atoms with Crippen molar-refractivity contribution in [1.82, 2.24) is 19.6 Å². The van der Waals surface area contributed by atoms with Crippen LogP contribution < -0.4 is 0 Å². The minimum atomic E-state index is -0.782. The Kier molecular flexibility index (Phi) is 12.8. The van der Waals surface area contributed by atoms with Gasteiger partial charge in [0.15, 0.2) is 0 Å². The Morgan fingerprint density at radius 3 is 1.44 bits per heavy atom. The molecule has 4 aliphatic heterocycles. The van der Waals surface area contributed by atoms with Gasteiger partial charge in [0.1, 0.15) is 0 Å². The molecule has 0 aromatic heterocycles. The molecule has 1 atom stereocenters. The summed E-state index contributed by atoms with van der Waals surface area (Å²) in [6.07, 6.45) is 11.7. The number of nitrogens with zero attached hydrogens (tertiary/aromatic N) is 4. The molecule has 0 spiro atoms. The molecule has 10 nitrogen and oxygen atoms in total. The highest BCUT2D eigenvalue weighted by Gasteiger charge is 2.37. The first-order chi connectivity index (χ1) is 19.1. The number of amides is 2. The standard InChI is InChI=1S/C15H26N2O2.C11H18N2O2.C5H10O2/c1-15(2,3)13-10-12(6-9-17(13)14(18)19)11-16-7-4-5-8-16;14-11(15)13-7-3-10(4-8-13)9-12-5-1-2-6-12;1-5(2,3)4(6)7/h11,13H,4-10H2,1-3H3,(H,18,19);9H,1-8H2,(H,14,15);1-3H3,(H,6,7). The number of carbonyl (C=O) groups is 3. The van der Waals surface area contributed by atoms with E-state index in [1.165, 1.54) is 54.8 Å². The van der Waals surface area contributed by atoms with Crippen LogP contribution in [0.25, 0.3) is 0 Å². The quantitative estimate of drug-likeness (QED) is 0.364. The van der Waals surface area contributed by atoms with Gasteiger partial charge < -0.3 is 34.9 Å². The summed E-state index contributed by atoms with van der Waals surface area (Å²) in [6, 6.07) is 0.0904. The molecule has 4 saturated heterocycles. The summed E-state index contributed by atoms with van der Waals surface area (Å²) in [7, 11) is 0. The van der Waals surface area contributed by atoms with Gasteiger partial charge in [-0.2, -0.15) is 0 Å². The van der Waals surface area contributed by atoms with Crippen molar-refractivity contribution in [2.24, 2.45) is 10.8 Å². The molecule has 3 N–H and O–H groups in total. The second-order valence-electron chi connectivity index (χ2n) is 13.7. The van der Waals surface area contributed by atoms with Crippen LogP contribution in [0, 0.1) is 10.8 Å². The van der Waals surface area contributed by atoms with E-state index in [9.17, 15) is 19.5 Å². The Bertz CT molecular complexity index is 927. The van der Waals surface area contributed by atoms with E-state index in [1.807, 2.05) is 0 Å². The van der Waals surface area contributed by atoms with Gasteiger partial charge in [-0.3, -0.25) is 4.79 Å². The molecular weight excluding hydrogens is 524 g/mol. The van der Waals surface area contributed by atoms with Crippen LogP contribution >= 0.6 is 0 Å². The third-order valence-corrected chi connectivity index (χ3v) is 8.08. The number of carboxylic acids is 1. The number of rotatable bonds is 2. The van der Waals surface area contributed by atoms with E-state index in [-0.39, 0.29) is 11.5 Å². The highest BCUT2D eigenvalue weighted by molar-refractivity contribution is 5.72. The minimum absolute atomic E-state index is 0.0110. The number of likely N-dealkylation sites (tertiary alicyclic amines) is 4. The minimum Gasteiger partial charge on any atom is -0.481 e. The monoisotopic (exact) mass is 578 g/mol. The van der Waals surface area contributed by atoms with Gasteiger partial charge in [-0.05, 0) is 90.0 Å². The smallest absolute Gasteiger partial charge is 0.407 e. The number of piperidine rings is 2. The Hall–Kier alpha value is -2.91. The van der Waals surface area contributed by atoms with Crippen molar-refractivity contribution >= 4 is 18.2 Å². The molecule has 41 heavy (non-hydrogen) atoms. The first-order valence-corrected chi connectivity index (χ1v) is 15.2. The van der Waals surface area contributed by atoms with E-state index in [1.54, 1.807) is 25.7 Å². The van der Waals surface area contributed by atoms with Gasteiger partial charge in [0, 0.05) is 51.9 Å². The van der Waals surface area contributed by atoms with E-state index in [4.69, 9.17) is 10.2 Å². The summed E-state index contributed by atoms with van der Waals surface area (Å²) in [5.74, 6) is -0.757. The van der Waals surface area contributed by atoms with E-state index in [2.05, 4.69) is 43.0 Å². The van der Waals surface area contributed by atoms with Gasteiger partial charge in [-0.15, -0.1) is 0 Å². The predicted molar refractivity (Wildman–Crippen MR) is 161 cm³/mol. The summed E-state index contributed by atoms with van der Waals surface area (Å²) in [4.78, 5) is 40.0. The molecule has 4 heterocycles. The highest BCUT2D eigenvalue weighted by atomic mass is 16.4. The zero-order valence-corrected chi connectivity index (χ0v) is 26.2. The third-order valence-electron chi connectivity index (χ3n) is 8.08. The van der Waals surface area contributed by atoms with Crippen LogP contribution in [0.4, 0.5) is 9.59 Å². The lowest BCUT2D eigenvalue weighted by Gasteiger charge is -2.43.